The van der Waals surface area contributed by atoms with Gasteiger partial charge in [-0.15, -0.1) is 0 Å². The van der Waals surface area contributed by atoms with Crippen molar-refractivity contribution in [2.24, 2.45) is 0 Å². The molecule has 2 aromatic rings. The van der Waals surface area contributed by atoms with Gasteiger partial charge >= 0.3 is 6.18 Å². The fourth-order valence-corrected chi connectivity index (χ4v) is 1.67. The molecule has 7 heteroatoms. The number of halogens is 4. The fraction of sp³-hybridized carbons (Fsp3) is 0.214. The van der Waals surface area contributed by atoms with E-state index in [1.807, 2.05) is 0 Å². The van der Waals surface area contributed by atoms with E-state index in [4.69, 9.17) is 9.52 Å². The van der Waals surface area contributed by atoms with Crippen molar-refractivity contribution in [1.82, 2.24) is 4.98 Å². The minimum absolute atomic E-state index is 0.0237. The van der Waals surface area contributed by atoms with Crippen molar-refractivity contribution in [1.29, 1.82) is 0 Å². The molecule has 0 saturated carbocycles. The van der Waals surface area contributed by atoms with Crippen LogP contribution in [-0.2, 0) is 12.8 Å². The van der Waals surface area contributed by atoms with E-state index >= 15 is 0 Å². The zero-order valence-electron chi connectivity index (χ0n) is 10.9. The number of alkyl halides is 3. The molecule has 0 atom stereocenters. The summed E-state index contributed by atoms with van der Waals surface area (Å²) in [5.74, 6) is -0.437. The van der Waals surface area contributed by atoms with E-state index in [1.165, 1.54) is 12.2 Å². The summed E-state index contributed by atoms with van der Waals surface area (Å²) < 4.78 is 56.0. The van der Waals surface area contributed by atoms with Crippen molar-refractivity contribution in [3.05, 3.63) is 52.5 Å². The summed E-state index contributed by atoms with van der Waals surface area (Å²) in [4.78, 5) is 3.92. The zero-order chi connectivity index (χ0) is 15.6. The molecule has 112 valence electrons. The van der Waals surface area contributed by atoms with Gasteiger partial charge in [0, 0.05) is 11.6 Å². The summed E-state index contributed by atoms with van der Waals surface area (Å²) >= 11 is 0. The summed E-state index contributed by atoms with van der Waals surface area (Å²) in [5.41, 5.74) is -0.723. The van der Waals surface area contributed by atoms with Crippen LogP contribution in [0.5, 0.6) is 0 Å². The SMILES string of the molecule is Cc1oc(C=Cc2ccc(C(F)(F)F)cc2F)nc1CO. The lowest BCUT2D eigenvalue weighted by Gasteiger charge is -2.07. The van der Waals surface area contributed by atoms with E-state index in [1.54, 1.807) is 6.92 Å². The Morgan fingerprint density at radius 1 is 1.29 bits per heavy atom. The molecule has 1 aromatic heterocycles. The van der Waals surface area contributed by atoms with Gasteiger partial charge in [-0.3, -0.25) is 0 Å². The van der Waals surface area contributed by atoms with Crippen molar-refractivity contribution < 1.29 is 27.1 Å². The second kappa shape index (κ2) is 5.69. The number of aromatic nitrogens is 1. The topological polar surface area (TPSA) is 46.3 Å². The minimum Gasteiger partial charge on any atom is -0.442 e. The molecule has 0 aliphatic rings. The van der Waals surface area contributed by atoms with Crippen LogP contribution in [0.3, 0.4) is 0 Å². The maximum absolute atomic E-state index is 13.6. The number of aryl methyl sites for hydroxylation is 1. The van der Waals surface area contributed by atoms with Gasteiger partial charge in [0.2, 0.25) is 5.89 Å². The summed E-state index contributed by atoms with van der Waals surface area (Å²) in [6, 6.07) is 2.25. The first-order valence-electron chi connectivity index (χ1n) is 5.93. The molecule has 0 bridgehead atoms. The Morgan fingerprint density at radius 2 is 2.00 bits per heavy atom. The first-order valence-corrected chi connectivity index (χ1v) is 5.93. The van der Waals surface area contributed by atoms with E-state index < -0.39 is 17.6 Å². The van der Waals surface area contributed by atoms with Crippen molar-refractivity contribution in [3.63, 3.8) is 0 Å². The van der Waals surface area contributed by atoms with E-state index in [2.05, 4.69) is 4.98 Å². The summed E-state index contributed by atoms with van der Waals surface area (Å²) in [6.45, 7) is 1.31. The Kier molecular flexibility index (Phi) is 4.13. The van der Waals surface area contributed by atoms with E-state index in [0.717, 1.165) is 12.1 Å². The molecule has 0 aliphatic carbocycles. The third kappa shape index (κ3) is 3.49. The van der Waals surface area contributed by atoms with Crippen LogP contribution in [0.15, 0.2) is 22.6 Å². The molecular weight excluding hydrogens is 290 g/mol. The van der Waals surface area contributed by atoms with E-state index in [-0.39, 0.29) is 18.1 Å². The molecule has 1 N–H and O–H groups in total. The van der Waals surface area contributed by atoms with Crippen molar-refractivity contribution >= 4 is 12.2 Å². The normalized spacial score (nSPS) is 12.3. The van der Waals surface area contributed by atoms with Gasteiger partial charge in [-0.25, -0.2) is 9.37 Å². The number of nitrogens with zero attached hydrogens (tertiary/aromatic N) is 1. The fourth-order valence-electron chi connectivity index (χ4n) is 1.67. The average molecular weight is 301 g/mol. The molecule has 0 saturated heterocycles. The van der Waals surface area contributed by atoms with Gasteiger partial charge in [0.15, 0.2) is 0 Å². The first kappa shape index (κ1) is 15.2. The predicted octanol–water partition coefficient (Wildman–Crippen LogP) is 3.80. The number of hydrogen-bond acceptors (Lipinski definition) is 3. The first-order chi connectivity index (χ1) is 9.81. The van der Waals surface area contributed by atoms with Crippen LogP contribution in [0.2, 0.25) is 0 Å². The summed E-state index contributed by atoms with van der Waals surface area (Å²) in [5, 5.41) is 8.95. The molecule has 1 heterocycles. The largest absolute Gasteiger partial charge is 0.442 e. The second-order valence-electron chi connectivity index (χ2n) is 4.28. The highest BCUT2D eigenvalue weighted by molar-refractivity contribution is 5.66. The van der Waals surface area contributed by atoms with Crippen molar-refractivity contribution in [3.8, 4) is 0 Å². The number of benzene rings is 1. The molecule has 0 spiro atoms. The molecule has 0 fully saturated rings. The molecule has 0 amide bonds. The third-order valence-corrected chi connectivity index (χ3v) is 2.79. The highest BCUT2D eigenvalue weighted by atomic mass is 19.4. The van der Waals surface area contributed by atoms with Gasteiger partial charge in [0.1, 0.15) is 17.3 Å². The number of hydrogen-bond donors (Lipinski definition) is 1. The monoisotopic (exact) mass is 301 g/mol. The highest BCUT2D eigenvalue weighted by Gasteiger charge is 2.30. The molecule has 0 radical (unpaired) electrons. The maximum Gasteiger partial charge on any atom is 0.416 e. The van der Waals surface area contributed by atoms with Crippen LogP contribution in [0.25, 0.3) is 12.2 Å². The third-order valence-electron chi connectivity index (χ3n) is 2.79. The van der Waals surface area contributed by atoms with Crippen molar-refractivity contribution in [2.75, 3.05) is 0 Å². The quantitative estimate of drug-likeness (QED) is 0.877. The molecule has 3 nitrogen and oxygen atoms in total. The lowest BCUT2D eigenvalue weighted by Crippen LogP contribution is -2.05. The van der Waals surface area contributed by atoms with Gasteiger partial charge in [-0.2, -0.15) is 13.2 Å². The van der Waals surface area contributed by atoms with Crippen molar-refractivity contribution in [2.45, 2.75) is 19.7 Å². The smallest absolute Gasteiger partial charge is 0.416 e. The Bertz CT molecular complexity index is 674. The lowest BCUT2D eigenvalue weighted by molar-refractivity contribution is -0.137. The summed E-state index contributed by atoms with van der Waals surface area (Å²) in [6.07, 6.45) is -2.02. The maximum atomic E-state index is 13.6. The Labute approximate surface area is 117 Å². The predicted molar refractivity (Wildman–Crippen MR) is 67.5 cm³/mol. The number of oxazole rings is 1. The van der Waals surface area contributed by atoms with Gasteiger partial charge in [0.25, 0.3) is 0 Å². The molecule has 2 rings (SSSR count). The van der Waals surface area contributed by atoms with Crippen LogP contribution in [-0.4, -0.2) is 10.1 Å². The Balaban J connectivity index is 2.25. The van der Waals surface area contributed by atoms with Crippen LogP contribution in [0, 0.1) is 12.7 Å². The number of aliphatic hydroxyl groups excluding tert-OH is 1. The summed E-state index contributed by atoms with van der Waals surface area (Å²) in [7, 11) is 0. The molecular formula is C14H11F4NO2. The van der Waals surface area contributed by atoms with Crippen LogP contribution in [0.1, 0.15) is 28.5 Å². The minimum atomic E-state index is -4.58. The molecule has 1 aromatic carbocycles. The van der Waals surface area contributed by atoms with Gasteiger partial charge in [-0.1, -0.05) is 6.07 Å². The highest BCUT2D eigenvalue weighted by Crippen LogP contribution is 2.30. The molecule has 0 unspecified atom stereocenters. The number of aliphatic hydroxyl groups is 1. The average Bonchev–Trinajstić information content (AvgIpc) is 2.76. The molecule has 21 heavy (non-hydrogen) atoms. The van der Waals surface area contributed by atoms with E-state index in [0.29, 0.717) is 17.5 Å². The second-order valence-corrected chi connectivity index (χ2v) is 4.28. The van der Waals surface area contributed by atoms with E-state index in [9.17, 15) is 17.6 Å². The van der Waals surface area contributed by atoms with Crippen LogP contribution >= 0.6 is 0 Å². The Hall–Kier alpha value is -2.15. The lowest BCUT2D eigenvalue weighted by atomic mass is 10.1. The van der Waals surface area contributed by atoms with Gasteiger partial charge in [-0.05, 0) is 25.1 Å². The Morgan fingerprint density at radius 3 is 2.52 bits per heavy atom. The van der Waals surface area contributed by atoms with Gasteiger partial charge in [0.05, 0.1) is 12.2 Å². The van der Waals surface area contributed by atoms with Crippen LogP contribution < -0.4 is 0 Å². The number of rotatable bonds is 3. The zero-order valence-corrected chi connectivity index (χ0v) is 10.9. The standard InChI is InChI=1S/C14H11F4NO2/c1-8-12(7-20)19-13(21-8)5-3-9-2-4-10(6-11(9)15)14(16,17)18/h2-6,20H,7H2,1H3. The molecule has 0 aliphatic heterocycles. The van der Waals surface area contributed by atoms with Crippen LogP contribution in [0.4, 0.5) is 17.6 Å². The van der Waals surface area contributed by atoms with Gasteiger partial charge < -0.3 is 9.52 Å².